The number of benzene rings is 1. The third-order valence-electron chi connectivity index (χ3n) is 2.25. The van der Waals surface area contributed by atoms with Gasteiger partial charge in [-0.05, 0) is 37.1 Å². The minimum Gasteiger partial charge on any atom is -0.478 e. The molecule has 0 saturated heterocycles. The maximum Gasteiger partial charge on any atom is 0.335 e. The molecule has 1 rings (SSSR count). The maximum absolute atomic E-state index is 10.9. The Kier molecular flexibility index (Phi) is 2.83. The van der Waals surface area contributed by atoms with Gasteiger partial charge in [-0.15, -0.1) is 0 Å². The summed E-state index contributed by atoms with van der Waals surface area (Å²) >= 11 is 0. The Morgan fingerprint density at radius 2 is 1.73 bits per heavy atom. The molecule has 2 N–H and O–H groups in total. The van der Waals surface area contributed by atoms with E-state index in [1.165, 1.54) is 13.8 Å². The first-order valence-corrected chi connectivity index (χ1v) is 5.50. The van der Waals surface area contributed by atoms with Crippen molar-refractivity contribution in [2.75, 3.05) is 0 Å². The van der Waals surface area contributed by atoms with E-state index in [0.29, 0.717) is 5.56 Å². The fraction of sp³-hybridized carbons (Fsp3) is 0.222. The van der Waals surface area contributed by atoms with E-state index in [9.17, 15) is 13.2 Å². The Bertz CT molecular complexity index is 516. The van der Waals surface area contributed by atoms with E-state index in [4.69, 9.17) is 9.66 Å². The first-order valence-electron chi connectivity index (χ1n) is 4.06. The van der Waals surface area contributed by atoms with Crippen LogP contribution in [0.2, 0.25) is 0 Å². The van der Waals surface area contributed by atoms with Crippen molar-refractivity contribution in [1.29, 1.82) is 0 Å². The lowest BCUT2D eigenvalue weighted by Gasteiger charge is -2.08. The molecule has 15 heavy (non-hydrogen) atoms. The number of hydrogen-bond acceptors (Lipinski definition) is 3. The molecule has 0 spiro atoms. The zero-order valence-corrected chi connectivity index (χ0v) is 9.00. The number of aromatic carboxylic acids is 1. The number of hydrogen-bond donors (Lipinski definition) is 2. The molecule has 5 nitrogen and oxygen atoms in total. The van der Waals surface area contributed by atoms with Crippen molar-refractivity contribution >= 4 is 16.1 Å². The van der Waals surface area contributed by atoms with Gasteiger partial charge >= 0.3 is 5.97 Å². The number of carbonyl (C=O) groups is 1. The molecule has 0 aromatic heterocycles. The molecule has 1 aromatic rings. The van der Waals surface area contributed by atoms with Gasteiger partial charge in [-0.25, -0.2) is 4.79 Å². The van der Waals surface area contributed by atoms with Crippen LogP contribution in [0, 0.1) is 13.8 Å². The first kappa shape index (κ1) is 11.7. The number of carboxylic acids is 1. The van der Waals surface area contributed by atoms with Crippen LogP contribution >= 0.6 is 0 Å². The molecule has 0 unspecified atom stereocenters. The van der Waals surface area contributed by atoms with Gasteiger partial charge in [0.05, 0.1) is 10.5 Å². The van der Waals surface area contributed by atoms with Crippen LogP contribution in [-0.2, 0) is 10.1 Å². The highest BCUT2D eigenvalue weighted by Crippen LogP contribution is 2.21. The average Bonchev–Trinajstić information content (AvgIpc) is 2.06. The summed E-state index contributed by atoms with van der Waals surface area (Å²) in [5.41, 5.74) is 0.606. The van der Waals surface area contributed by atoms with Gasteiger partial charge in [0.2, 0.25) is 0 Å². The van der Waals surface area contributed by atoms with Crippen LogP contribution in [0.4, 0.5) is 0 Å². The fourth-order valence-electron chi connectivity index (χ4n) is 1.31. The smallest absolute Gasteiger partial charge is 0.335 e. The summed E-state index contributed by atoms with van der Waals surface area (Å²) in [5, 5.41) is 8.77. The molecule has 0 saturated carbocycles. The van der Waals surface area contributed by atoms with Gasteiger partial charge < -0.3 is 5.11 Å². The Morgan fingerprint density at radius 3 is 2.13 bits per heavy atom. The van der Waals surface area contributed by atoms with Crippen LogP contribution in [0.3, 0.4) is 0 Å². The lowest BCUT2D eigenvalue weighted by Crippen LogP contribution is -2.07. The van der Waals surface area contributed by atoms with Gasteiger partial charge in [-0.2, -0.15) is 8.42 Å². The first-order chi connectivity index (χ1) is 6.75. The van der Waals surface area contributed by atoms with Crippen molar-refractivity contribution < 1.29 is 22.9 Å². The Hall–Kier alpha value is -1.40. The molecule has 0 amide bonds. The van der Waals surface area contributed by atoms with E-state index < -0.39 is 16.1 Å². The van der Waals surface area contributed by atoms with E-state index in [2.05, 4.69) is 0 Å². The largest absolute Gasteiger partial charge is 0.478 e. The number of carboxylic acid groups (broad SMARTS) is 1. The quantitative estimate of drug-likeness (QED) is 0.746. The van der Waals surface area contributed by atoms with Crippen molar-refractivity contribution in [1.82, 2.24) is 0 Å². The van der Waals surface area contributed by atoms with Crippen LogP contribution in [0.5, 0.6) is 0 Å². The molecule has 0 bridgehead atoms. The van der Waals surface area contributed by atoms with E-state index in [-0.39, 0.29) is 16.0 Å². The van der Waals surface area contributed by atoms with Crippen molar-refractivity contribution in [3.63, 3.8) is 0 Å². The van der Waals surface area contributed by atoms with Crippen molar-refractivity contribution in [3.05, 3.63) is 28.8 Å². The lowest BCUT2D eigenvalue weighted by molar-refractivity contribution is 0.0696. The highest BCUT2D eigenvalue weighted by Gasteiger charge is 2.18. The van der Waals surface area contributed by atoms with Crippen molar-refractivity contribution in [3.8, 4) is 0 Å². The topological polar surface area (TPSA) is 91.7 Å². The second-order valence-electron chi connectivity index (χ2n) is 3.14. The normalized spacial score (nSPS) is 11.4. The third kappa shape index (κ3) is 2.16. The van der Waals surface area contributed by atoms with Crippen LogP contribution in [0.15, 0.2) is 17.0 Å². The zero-order valence-electron chi connectivity index (χ0n) is 8.18. The third-order valence-corrected chi connectivity index (χ3v) is 3.24. The molecule has 0 aliphatic carbocycles. The highest BCUT2D eigenvalue weighted by atomic mass is 32.2. The SMILES string of the molecule is Cc1c(C(=O)O)ccc(S(=O)(=O)O)c1C. The molecule has 82 valence electrons. The van der Waals surface area contributed by atoms with E-state index >= 15 is 0 Å². The van der Waals surface area contributed by atoms with Crippen LogP contribution in [0.25, 0.3) is 0 Å². The monoisotopic (exact) mass is 230 g/mol. The second kappa shape index (κ2) is 3.63. The molecule has 0 aliphatic heterocycles. The van der Waals surface area contributed by atoms with E-state index in [0.717, 1.165) is 12.1 Å². The summed E-state index contributed by atoms with van der Waals surface area (Å²) in [4.78, 5) is 10.5. The van der Waals surface area contributed by atoms with Crippen LogP contribution in [-0.4, -0.2) is 24.0 Å². The predicted octanol–water partition coefficient (Wildman–Crippen LogP) is 1.25. The van der Waals surface area contributed by atoms with Crippen molar-refractivity contribution in [2.45, 2.75) is 18.7 Å². The summed E-state index contributed by atoms with van der Waals surface area (Å²) in [6.45, 7) is 2.94. The molecule has 0 aliphatic rings. The minimum absolute atomic E-state index is 0.0277. The molecule has 0 atom stereocenters. The van der Waals surface area contributed by atoms with Gasteiger partial charge in [0.15, 0.2) is 0 Å². The molecule has 0 radical (unpaired) electrons. The Balaban J connectivity index is 3.55. The van der Waals surface area contributed by atoms with Gasteiger partial charge in [0.25, 0.3) is 10.1 Å². The molecule has 0 heterocycles. The lowest BCUT2D eigenvalue weighted by atomic mass is 10.0. The summed E-state index contributed by atoms with van der Waals surface area (Å²) in [5.74, 6) is -1.13. The fourth-order valence-corrected chi connectivity index (χ4v) is 2.09. The summed E-state index contributed by atoms with van der Waals surface area (Å²) in [6, 6.07) is 2.24. The van der Waals surface area contributed by atoms with Crippen molar-refractivity contribution in [2.24, 2.45) is 0 Å². The average molecular weight is 230 g/mol. The molecular weight excluding hydrogens is 220 g/mol. The summed E-state index contributed by atoms with van der Waals surface area (Å²) < 4.78 is 30.6. The molecular formula is C9H10O5S. The van der Waals surface area contributed by atoms with E-state index in [1.807, 2.05) is 0 Å². The Labute approximate surface area is 87.1 Å². The van der Waals surface area contributed by atoms with Gasteiger partial charge in [-0.3, -0.25) is 4.55 Å². The molecule has 6 heteroatoms. The van der Waals surface area contributed by atoms with Gasteiger partial charge in [0.1, 0.15) is 0 Å². The summed E-state index contributed by atoms with van der Waals surface area (Å²) in [6.07, 6.45) is 0. The highest BCUT2D eigenvalue weighted by molar-refractivity contribution is 7.85. The summed E-state index contributed by atoms with van der Waals surface area (Å²) in [7, 11) is -4.29. The number of rotatable bonds is 2. The standard InChI is InChI=1S/C9H10O5S/c1-5-6(2)8(15(12,13)14)4-3-7(5)9(10)11/h3-4H,1-2H3,(H,10,11)(H,12,13,14). The second-order valence-corrected chi connectivity index (χ2v) is 4.53. The minimum atomic E-state index is -4.29. The maximum atomic E-state index is 10.9. The van der Waals surface area contributed by atoms with Crippen LogP contribution < -0.4 is 0 Å². The Morgan fingerprint density at radius 1 is 1.20 bits per heavy atom. The van der Waals surface area contributed by atoms with Gasteiger partial charge in [-0.1, -0.05) is 0 Å². The van der Waals surface area contributed by atoms with Gasteiger partial charge in [0, 0.05) is 0 Å². The zero-order chi connectivity index (χ0) is 11.8. The molecule has 1 aromatic carbocycles. The molecule has 0 fully saturated rings. The van der Waals surface area contributed by atoms with E-state index in [1.54, 1.807) is 0 Å². The predicted molar refractivity (Wildman–Crippen MR) is 52.7 cm³/mol. The van der Waals surface area contributed by atoms with Crippen LogP contribution in [0.1, 0.15) is 21.5 Å².